The molecule has 0 radical (unpaired) electrons. The fraction of sp³-hybridized carbons (Fsp3) is 0.543. The van der Waals surface area contributed by atoms with E-state index in [4.69, 9.17) is 18.9 Å². The van der Waals surface area contributed by atoms with Crippen LogP contribution in [-0.2, 0) is 45.8 Å². The van der Waals surface area contributed by atoms with Crippen LogP contribution < -0.4 is 9.64 Å². The number of aromatic nitrogens is 1. The first-order valence-electron chi connectivity index (χ1n) is 21.0. The van der Waals surface area contributed by atoms with Crippen molar-refractivity contribution in [2.24, 2.45) is 11.3 Å². The highest BCUT2D eigenvalue weighted by Crippen LogP contribution is 2.68. The van der Waals surface area contributed by atoms with E-state index in [1.54, 1.807) is 7.11 Å². The molecule has 6 heterocycles. The summed E-state index contributed by atoms with van der Waals surface area (Å²) >= 11 is 0. The van der Waals surface area contributed by atoms with Gasteiger partial charge in [0.05, 0.1) is 40.5 Å². The monoisotopic (exact) mass is 808 g/mol. The van der Waals surface area contributed by atoms with Crippen LogP contribution in [0.25, 0.3) is 10.9 Å². The van der Waals surface area contributed by atoms with Crippen molar-refractivity contribution in [3.05, 3.63) is 87.8 Å². The van der Waals surface area contributed by atoms with Crippen LogP contribution in [0.1, 0.15) is 68.8 Å². The van der Waals surface area contributed by atoms with E-state index in [1.807, 2.05) is 61.4 Å². The van der Waals surface area contributed by atoms with Gasteiger partial charge in [0.2, 0.25) is 5.60 Å². The molecular weight excluding hydrogens is 753 g/mol. The first-order valence-corrected chi connectivity index (χ1v) is 21.0. The Hall–Kier alpha value is -4.69. The number of H-pyrrole nitrogens is 1. The number of nitrogens with zero attached hydrogens (tertiary/aromatic N) is 3. The Labute approximate surface area is 345 Å². The van der Waals surface area contributed by atoms with Crippen LogP contribution in [0, 0.1) is 16.5 Å². The summed E-state index contributed by atoms with van der Waals surface area (Å²) in [7, 11) is 6.10. The lowest BCUT2D eigenvalue weighted by molar-refractivity contribution is -0.880. The quantitative estimate of drug-likeness (QED) is 0.111. The van der Waals surface area contributed by atoms with Crippen molar-refractivity contribution in [1.82, 2.24) is 9.88 Å². The molecule has 13 heteroatoms. The summed E-state index contributed by atoms with van der Waals surface area (Å²) in [4.78, 5) is 50.7. The number of para-hydroxylation sites is 1. The molecule has 5 aliphatic heterocycles. The van der Waals surface area contributed by atoms with Gasteiger partial charge in [0.1, 0.15) is 17.7 Å². The lowest BCUT2D eigenvalue weighted by atomic mass is 9.47. The minimum absolute atomic E-state index is 0.241. The average molecular weight is 809 g/mol. The number of likely N-dealkylation sites (N-methyl/N-ethyl adjacent to an activating group) is 1. The largest absolute Gasteiger partial charge is 0.633 e. The maximum absolute atomic E-state index is 15.3. The van der Waals surface area contributed by atoms with Gasteiger partial charge in [-0.15, -0.1) is 0 Å². The van der Waals surface area contributed by atoms with E-state index >= 15 is 4.79 Å². The minimum Gasteiger partial charge on any atom is -0.633 e. The fourth-order valence-corrected chi connectivity index (χ4v) is 13.3. The van der Waals surface area contributed by atoms with E-state index in [0.29, 0.717) is 69.0 Å². The maximum Gasteiger partial charge on any atom is 0.344 e. The molecule has 1 saturated carbocycles. The summed E-state index contributed by atoms with van der Waals surface area (Å²) in [5.41, 5.74) is -0.0423. The number of fused-ring (bicyclic) bond motifs is 6. The van der Waals surface area contributed by atoms with Gasteiger partial charge >= 0.3 is 17.9 Å². The molecule has 3 aromatic rings. The summed E-state index contributed by atoms with van der Waals surface area (Å²) in [5.74, 6) is -1.82. The lowest BCUT2D eigenvalue weighted by Crippen LogP contribution is -2.81. The van der Waals surface area contributed by atoms with E-state index in [-0.39, 0.29) is 23.0 Å². The van der Waals surface area contributed by atoms with Crippen LogP contribution >= 0.6 is 0 Å². The van der Waals surface area contributed by atoms with Crippen LogP contribution in [0.3, 0.4) is 0 Å². The molecular formula is C46H56N4O9. The van der Waals surface area contributed by atoms with Crippen molar-refractivity contribution < 1.29 is 43.1 Å². The van der Waals surface area contributed by atoms with E-state index < -0.39 is 51.9 Å². The van der Waals surface area contributed by atoms with Gasteiger partial charge in [0, 0.05) is 83.6 Å². The molecule has 2 unspecified atom stereocenters. The second-order valence-electron chi connectivity index (χ2n) is 17.9. The van der Waals surface area contributed by atoms with Crippen molar-refractivity contribution >= 4 is 34.5 Å². The second kappa shape index (κ2) is 13.7. The highest BCUT2D eigenvalue weighted by molar-refractivity contribution is 5.95. The van der Waals surface area contributed by atoms with Gasteiger partial charge in [0.15, 0.2) is 6.10 Å². The molecule has 2 bridgehead atoms. The molecule has 59 heavy (non-hydrogen) atoms. The van der Waals surface area contributed by atoms with Gasteiger partial charge in [0.25, 0.3) is 0 Å². The number of hydroxylamine groups is 3. The Morgan fingerprint density at radius 2 is 1.81 bits per heavy atom. The maximum atomic E-state index is 15.3. The van der Waals surface area contributed by atoms with Crippen molar-refractivity contribution in [2.75, 3.05) is 66.0 Å². The first-order chi connectivity index (χ1) is 28.2. The van der Waals surface area contributed by atoms with E-state index in [1.165, 1.54) is 21.1 Å². The number of quaternary nitrogens is 1. The molecule has 9 rings (SSSR count). The number of nitrogens with one attached hydrogen (secondary N) is 1. The SMILES string of the molecule is CCC1=C[C@H]2C[C@](C(=O)OC)(c3cc4c(cc3OC)N(C)C3[C@]45CCN4CC=C[C@@](CC)([C@@H](OC(C)=O)[C@]3(O)C(=O)OC)[C@H]45)c3[nH]c4ccccc4c3CC[N+]([O-])(C1)C2. The van der Waals surface area contributed by atoms with Crippen molar-refractivity contribution in [1.29, 1.82) is 0 Å². The number of esters is 3. The number of hydrogen-bond donors (Lipinski definition) is 2. The molecule has 1 spiro atoms. The number of ether oxygens (including phenoxy) is 4. The predicted molar refractivity (Wildman–Crippen MR) is 221 cm³/mol. The summed E-state index contributed by atoms with van der Waals surface area (Å²) in [6, 6.07) is 10.7. The molecule has 1 saturated heterocycles. The standard InChI is InChI=1S/C46H56N4O9/c1-8-28-21-29-24-45(41(52)57-6,37-31(15-20-50(55,25-28)26-29)30-13-10-11-14-34(30)47-37)33-22-32-35(23-36(33)56-5)48(4)39-44(32)17-19-49-18-12-16-43(9-2,38(44)49)40(59-27(3)51)46(39,54)42(53)58-7/h10-14,16,21-23,29,38-40,47,54H,8-9,15,17-20,24-26H2,1-7H3/t29-,38-,39?,40+,43+,44+,45-,46-,50?/m0/s1. The van der Waals surface area contributed by atoms with Crippen molar-refractivity contribution in [3.8, 4) is 5.75 Å². The number of rotatable bonds is 7. The highest BCUT2D eigenvalue weighted by atomic mass is 16.6. The van der Waals surface area contributed by atoms with Crippen molar-refractivity contribution in [3.63, 3.8) is 0 Å². The number of carbonyl (C=O) groups excluding carboxylic acids is 3. The molecule has 314 valence electrons. The molecule has 13 nitrogen and oxygen atoms in total. The third-order valence-electron chi connectivity index (χ3n) is 15.3. The second-order valence-corrected chi connectivity index (χ2v) is 17.9. The summed E-state index contributed by atoms with van der Waals surface area (Å²) < 4.78 is 23.5. The minimum atomic E-state index is -2.31. The van der Waals surface area contributed by atoms with Crippen LogP contribution in [-0.4, -0.2) is 122 Å². The van der Waals surface area contributed by atoms with Gasteiger partial charge in [-0.3, -0.25) is 14.5 Å². The number of benzene rings is 2. The molecule has 6 aliphatic rings. The Kier molecular flexibility index (Phi) is 9.21. The topological polar surface area (TPSA) is 154 Å². The zero-order chi connectivity index (χ0) is 41.9. The van der Waals surface area contributed by atoms with Crippen LogP contribution in [0.15, 0.2) is 60.2 Å². The third-order valence-corrected chi connectivity index (χ3v) is 15.3. The van der Waals surface area contributed by atoms with Crippen LogP contribution in [0.4, 0.5) is 5.69 Å². The van der Waals surface area contributed by atoms with Crippen molar-refractivity contribution in [2.45, 2.75) is 87.5 Å². The Morgan fingerprint density at radius 3 is 2.51 bits per heavy atom. The fourth-order valence-electron chi connectivity index (χ4n) is 13.3. The number of aliphatic hydroxyl groups is 1. The molecule has 1 aliphatic carbocycles. The smallest absolute Gasteiger partial charge is 0.344 e. The Balaban J connectivity index is 1.38. The van der Waals surface area contributed by atoms with Crippen LogP contribution in [0.2, 0.25) is 0 Å². The molecule has 2 fully saturated rings. The molecule has 1 aromatic heterocycles. The number of anilines is 1. The number of carbonyl (C=O) groups is 3. The normalized spacial score (nSPS) is 35.6. The van der Waals surface area contributed by atoms with Gasteiger partial charge in [-0.1, -0.05) is 50.3 Å². The summed E-state index contributed by atoms with van der Waals surface area (Å²) in [6.07, 6.45) is 7.45. The van der Waals surface area contributed by atoms with E-state index in [9.17, 15) is 19.9 Å². The third kappa shape index (κ3) is 5.14. The van der Waals surface area contributed by atoms with E-state index in [2.05, 4.69) is 29.0 Å². The zero-order valence-electron chi connectivity index (χ0n) is 35.1. The highest BCUT2D eigenvalue weighted by Gasteiger charge is 2.80. The number of methoxy groups -OCH3 is 3. The molecule has 2 N–H and O–H groups in total. The first kappa shape index (κ1) is 39.8. The number of aromatic amines is 1. The van der Waals surface area contributed by atoms with Gasteiger partial charge in [-0.25, -0.2) is 4.79 Å². The molecule has 9 atom stereocenters. The molecule has 0 amide bonds. The Bertz CT molecular complexity index is 2320. The average Bonchev–Trinajstić information content (AvgIpc) is 3.89. The van der Waals surface area contributed by atoms with Gasteiger partial charge < -0.3 is 43.8 Å². The summed E-state index contributed by atoms with van der Waals surface area (Å²) in [6.45, 7) is 7.76. The van der Waals surface area contributed by atoms with Gasteiger partial charge in [-0.05, 0) is 61.1 Å². The van der Waals surface area contributed by atoms with Crippen LogP contribution in [0.5, 0.6) is 5.75 Å². The summed E-state index contributed by atoms with van der Waals surface area (Å²) in [5, 5.41) is 29.0. The Morgan fingerprint density at radius 1 is 1.05 bits per heavy atom. The predicted octanol–water partition coefficient (Wildman–Crippen LogP) is 4.81. The van der Waals surface area contributed by atoms with E-state index in [0.717, 1.165) is 39.7 Å². The van der Waals surface area contributed by atoms with Gasteiger partial charge in [-0.2, -0.15) is 0 Å². The number of hydrogen-bond acceptors (Lipinski definition) is 11. The molecule has 2 aromatic carbocycles. The zero-order valence-corrected chi connectivity index (χ0v) is 35.1. The lowest BCUT2D eigenvalue weighted by Gasteiger charge is -2.63.